The zero-order valence-electron chi connectivity index (χ0n) is 21.3. The van der Waals surface area contributed by atoms with Crippen molar-refractivity contribution in [3.63, 3.8) is 0 Å². The molecule has 0 saturated carbocycles. The molecule has 8 nitrogen and oxygen atoms in total. The van der Waals surface area contributed by atoms with Crippen molar-refractivity contribution >= 4 is 44.3 Å². The first-order valence-electron chi connectivity index (χ1n) is 11.5. The van der Waals surface area contributed by atoms with Gasteiger partial charge in [-0.3, -0.25) is 14.2 Å². The lowest BCUT2D eigenvalue weighted by Gasteiger charge is -2.15. The molecule has 37 heavy (non-hydrogen) atoms. The average molecular weight is 537 g/mol. The summed E-state index contributed by atoms with van der Waals surface area (Å²) in [6.45, 7) is 5.71. The van der Waals surface area contributed by atoms with Gasteiger partial charge in [-0.25, -0.2) is 17.7 Å². The summed E-state index contributed by atoms with van der Waals surface area (Å²) in [6, 6.07) is 17.6. The maximum absolute atomic E-state index is 13.5. The Labute approximate surface area is 220 Å². The molecule has 0 aliphatic carbocycles. The van der Waals surface area contributed by atoms with Crippen molar-refractivity contribution in [2.24, 2.45) is 0 Å². The monoisotopic (exact) mass is 536 g/mol. The quantitative estimate of drug-likeness (QED) is 0.279. The highest BCUT2D eigenvalue weighted by atomic mass is 32.2. The van der Waals surface area contributed by atoms with Gasteiger partial charge in [0.15, 0.2) is 5.16 Å². The molecule has 1 amide bonds. The first kappa shape index (κ1) is 26.6. The van der Waals surface area contributed by atoms with E-state index in [0.717, 1.165) is 32.8 Å². The van der Waals surface area contributed by atoms with Crippen LogP contribution in [0.2, 0.25) is 0 Å². The summed E-state index contributed by atoms with van der Waals surface area (Å²) >= 11 is 1.14. The summed E-state index contributed by atoms with van der Waals surface area (Å²) < 4.78 is 27.7. The zero-order chi connectivity index (χ0) is 26.9. The normalized spacial score (nSPS) is 11.7. The van der Waals surface area contributed by atoms with Gasteiger partial charge in [-0.2, -0.15) is 0 Å². The largest absolute Gasteiger partial charge is 0.325 e. The van der Waals surface area contributed by atoms with Crippen LogP contribution in [0, 0.1) is 20.8 Å². The fraction of sp³-hybridized carbons (Fsp3) is 0.222. The number of aromatic nitrogens is 2. The molecule has 0 bridgehead atoms. The number of para-hydroxylation sites is 1. The highest BCUT2D eigenvalue weighted by molar-refractivity contribution is 7.99. The van der Waals surface area contributed by atoms with Crippen molar-refractivity contribution in [3.05, 3.63) is 87.7 Å². The molecule has 10 heteroatoms. The number of sulfonamides is 1. The third-order valence-electron chi connectivity index (χ3n) is 5.80. The Morgan fingerprint density at radius 3 is 2.35 bits per heavy atom. The first-order chi connectivity index (χ1) is 17.5. The molecule has 4 rings (SSSR count). The van der Waals surface area contributed by atoms with Gasteiger partial charge in [-0.1, -0.05) is 36.0 Å². The van der Waals surface area contributed by atoms with Crippen LogP contribution < -0.4 is 10.9 Å². The third kappa shape index (κ3) is 5.61. The number of aryl methyl sites for hydroxylation is 3. The number of anilines is 1. The van der Waals surface area contributed by atoms with Crippen molar-refractivity contribution in [1.29, 1.82) is 0 Å². The Morgan fingerprint density at radius 2 is 1.68 bits per heavy atom. The van der Waals surface area contributed by atoms with Gasteiger partial charge in [0, 0.05) is 19.8 Å². The molecule has 0 radical (unpaired) electrons. The lowest BCUT2D eigenvalue weighted by Crippen LogP contribution is -2.23. The molecule has 0 aliphatic rings. The number of benzene rings is 3. The fourth-order valence-corrected chi connectivity index (χ4v) is 5.68. The second-order valence-electron chi connectivity index (χ2n) is 9.00. The summed E-state index contributed by atoms with van der Waals surface area (Å²) in [5, 5.41) is 3.69. The molecule has 3 aromatic carbocycles. The van der Waals surface area contributed by atoms with E-state index in [9.17, 15) is 18.0 Å². The number of nitrogens with one attached hydrogen (secondary N) is 1. The maximum Gasteiger partial charge on any atom is 0.266 e. The molecule has 4 aromatic rings. The van der Waals surface area contributed by atoms with Crippen molar-refractivity contribution < 1.29 is 13.2 Å². The number of thioether (sulfide) groups is 1. The SMILES string of the molecule is Cc1cc(C)cc(-n2c(SCC(=O)Nc3cc(S(=O)(=O)N(C)C)ccc3C)nc3ccccc3c2=O)c1. The second kappa shape index (κ2) is 10.5. The summed E-state index contributed by atoms with van der Waals surface area (Å²) in [4.78, 5) is 31.2. The van der Waals surface area contributed by atoms with Crippen molar-refractivity contribution in [2.45, 2.75) is 30.8 Å². The second-order valence-corrected chi connectivity index (χ2v) is 12.1. The van der Waals surface area contributed by atoms with Crippen LogP contribution in [0.1, 0.15) is 16.7 Å². The lowest BCUT2D eigenvalue weighted by atomic mass is 10.1. The van der Waals surface area contributed by atoms with Crippen LogP contribution in [0.25, 0.3) is 16.6 Å². The van der Waals surface area contributed by atoms with Crippen LogP contribution in [0.5, 0.6) is 0 Å². The Balaban J connectivity index is 1.66. The van der Waals surface area contributed by atoms with Crippen LogP contribution in [-0.2, 0) is 14.8 Å². The number of carbonyl (C=O) groups is 1. The van der Waals surface area contributed by atoms with Crippen LogP contribution >= 0.6 is 11.8 Å². The van der Waals surface area contributed by atoms with Gasteiger partial charge in [0.1, 0.15) is 0 Å². The molecule has 1 aromatic heterocycles. The van der Waals surface area contributed by atoms with Gasteiger partial charge >= 0.3 is 0 Å². The van der Waals surface area contributed by atoms with E-state index in [1.165, 1.54) is 30.8 Å². The van der Waals surface area contributed by atoms with Gasteiger partial charge < -0.3 is 5.32 Å². The predicted octanol–water partition coefficient (Wildman–Crippen LogP) is 4.29. The molecule has 0 saturated heterocycles. The topological polar surface area (TPSA) is 101 Å². The van der Waals surface area contributed by atoms with Crippen LogP contribution in [-0.4, -0.2) is 48.0 Å². The van der Waals surface area contributed by atoms with Crippen molar-refractivity contribution in [3.8, 4) is 5.69 Å². The van der Waals surface area contributed by atoms with Crippen LogP contribution in [0.4, 0.5) is 5.69 Å². The molecule has 0 spiro atoms. The highest BCUT2D eigenvalue weighted by Crippen LogP contribution is 2.25. The number of rotatable bonds is 7. The Hall–Kier alpha value is -3.47. The van der Waals surface area contributed by atoms with Crippen LogP contribution in [0.15, 0.2) is 75.5 Å². The highest BCUT2D eigenvalue weighted by Gasteiger charge is 2.20. The minimum absolute atomic E-state index is 0.0281. The van der Waals surface area contributed by atoms with Gasteiger partial charge in [0.2, 0.25) is 15.9 Å². The number of hydrogen-bond acceptors (Lipinski definition) is 6. The van der Waals surface area contributed by atoms with Gasteiger partial charge in [-0.05, 0) is 73.9 Å². The van der Waals surface area contributed by atoms with E-state index in [1.54, 1.807) is 31.2 Å². The summed E-state index contributed by atoms with van der Waals surface area (Å²) in [5.74, 6) is -0.374. The van der Waals surface area contributed by atoms with E-state index < -0.39 is 10.0 Å². The van der Waals surface area contributed by atoms with Gasteiger partial charge in [-0.15, -0.1) is 0 Å². The van der Waals surface area contributed by atoms with Crippen molar-refractivity contribution in [2.75, 3.05) is 25.2 Å². The molecule has 1 N–H and O–H groups in total. The predicted molar refractivity (Wildman–Crippen MR) is 148 cm³/mol. The van der Waals surface area contributed by atoms with Crippen molar-refractivity contribution in [1.82, 2.24) is 13.9 Å². The van der Waals surface area contributed by atoms with Crippen LogP contribution in [0.3, 0.4) is 0 Å². The smallest absolute Gasteiger partial charge is 0.266 e. The third-order valence-corrected chi connectivity index (χ3v) is 8.55. The minimum Gasteiger partial charge on any atom is -0.325 e. The molecule has 192 valence electrons. The minimum atomic E-state index is -3.65. The number of fused-ring (bicyclic) bond motifs is 1. The molecule has 1 heterocycles. The standard InChI is InChI=1S/C27H28N4O4S2/c1-17-12-18(2)14-20(13-17)31-26(33)22-8-6-7-9-23(22)29-27(31)36-16-25(32)28-24-15-21(11-10-19(24)3)37(34,35)30(4)5/h6-15H,16H2,1-5H3,(H,28,32). The number of amides is 1. The van der Waals surface area contributed by atoms with E-state index in [0.29, 0.717) is 27.4 Å². The molecule has 0 aliphatic heterocycles. The Kier molecular flexibility index (Phi) is 7.54. The summed E-state index contributed by atoms with van der Waals surface area (Å²) in [7, 11) is -0.739. The maximum atomic E-state index is 13.5. The zero-order valence-corrected chi connectivity index (χ0v) is 22.9. The van der Waals surface area contributed by atoms with E-state index in [2.05, 4.69) is 5.32 Å². The van der Waals surface area contributed by atoms with E-state index >= 15 is 0 Å². The van der Waals surface area contributed by atoms with E-state index in [1.807, 2.05) is 38.1 Å². The van der Waals surface area contributed by atoms with E-state index in [-0.39, 0.29) is 22.1 Å². The molecule has 0 fully saturated rings. The number of carbonyl (C=O) groups excluding carboxylic acids is 1. The number of nitrogens with zero attached hydrogens (tertiary/aromatic N) is 3. The molecule has 0 atom stereocenters. The first-order valence-corrected chi connectivity index (χ1v) is 14.0. The van der Waals surface area contributed by atoms with Gasteiger partial charge in [0.05, 0.1) is 27.2 Å². The van der Waals surface area contributed by atoms with E-state index in [4.69, 9.17) is 4.98 Å². The van der Waals surface area contributed by atoms with Gasteiger partial charge in [0.25, 0.3) is 5.56 Å². The fourth-order valence-electron chi connectivity index (χ4n) is 3.94. The summed E-state index contributed by atoms with van der Waals surface area (Å²) in [6.07, 6.45) is 0. The summed E-state index contributed by atoms with van der Waals surface area (Å²) in [5.41, 5.74) is 4.17. The molecule has 0 unspecified atom stereocenters. The Bertz CT molecular complexity index is 1660. The Morgan fingerprint density at radius 1 is 1.00 bits per heavy atom. The number of hydrogen-bond donors (Lipinski definition) is 1. The lowest BCUT2D eigenvalue weighted by molar-refractivity contribution is -0.113. The molecular weight excluding hydrogens is 508 g/mol. The molecular formula is C27H28N4O4S2. The average Bonchev–Trinajstić information content (AvgIpc) is 2.83.